The van der Waals surface area contributed by atoms with Gasteiger partial charge < -0.3 is 10.2 Å². The standard InChI is InChI=1S/C20H16ClN3O5S/c21-15-4-9-18(10-5-15)30(28,29)24-16-6-1-13(2-7-16)20(27)23-22-12-14-3-8-17(25)11-19(14)26/h1-12,24-26H,(H,23,27)/b22-12-. The molecule has 0 heterocycles. The molecule has 0 atom stereocenters. The predicted octanol–water partition coefficient (Wildman–Crippen LogP) is 3.32. The summed E-state index contributed by atoms with van der Waals surface area (Å²) >= 11 is 5.77. The van der Waals surface area contributed by atoms with E-state index in [1.165, 1.54) is 66.9 Å². The summed E-state index contributed by atoms with van der Waals surface area (Å²) in [5.41, 5.74) is 3.12. The number of hydrogen-bond donors (Lipinski definition) is 4. The molecule has 0 unspecified atom stereocenters. The van der Waals surface area contributed by atoms with Crippen molar-refractivity contribution in [3.05, 3.63) is 82.9 Å². The second-order valence-corrected chi connectivity index (χ2v) is 8.20. The number of nitrogens with one attached hydrogen (secondary N) is 2. The summed E-state index contributed by atoms with van der Waals surface area (Å²) in [5, 5.41) is 23.1. The molecule has 0 saturated carbocycles. The van der Waals surface area contributed by atoms with Crippen LogP contribution in [-0.4, -0.2) is 30.8 Å². The molecule has 0 aliphatic rings. The van der Waals surface area contributed by atoms with E-state index >= 15 is 0 Å². The lowest BCUT2D eigenvalue weighted by Gasteiger charge is -2.09. The van der Waals surface area contributed by atoms with Crippen molar-refractivity contribution in [1.82, 2.24) is 5.43 Å². The fraction of sp³-hybridized carbons (Fsp3) is 0. The van der Waals surface area contributed by atoms with Crippen LogP contribution in [0.2, 0.25) is 5.02 Å². The number of phenolic OH excluding ortho intramolecular Hbond substituents is 2. The van der Waals surface area contributed by atoms with Gasteiger partial charge in [-0.3, -0.25) is 9.52 Å². The van der Waals surface area contributed by atoms with E-state index < -0.39 is 15.9 Å². The molecule has 10 heteroatoms. The van der Waals surface area contributed by atoms with E-state index in [1.807, 2.05) is 0 Å². The van der Waals surface area contributed by atoms with Crippen LogP contribution in [-0.2, 0) is 10.0 Å². The van der Waals surface area contributed by atoms with Crippen LogP contribution < -0.4 is 10.1 Å². The minimum absolute atomic E-state index is 0.0561. The number of halogens is 1. The monoisotopic (exact) mass is 445 g/mol. The molecule has 1 amide bonds. The number of rotatable bonds is 6. The zero-order chi connectivity index (χ0) is 21.7. The van der Waals surface area contributed by atoms with E-state index in [2.05, 4.69) is 15.2 Å². The zero-order valence-electron chi connectivity index (χ0n) is 15.3. The van der Waals surface area contributed by atoms with Crippen LogP contribution in [0.25, 0.3) is 0 Å². The van der Waals surface area contributed by atoms with Crippen LogP contribution in [0.3, 0.4) is 0 Å². The van der Waals surface area contributed by atoms with Crippen LogP contribution in [0, 0.1) is 0 Å². The van der Waals surface area contributed by atoms with Crippen LogP contribution in [0.1, 0.15) is 15.9 Å². The zero-order valence-corrected chi connectivity index (χ0v) is 16.9. The highest BCUT2D eigenvalue weighted by Gasteiger charge is 2.14. The first-order chi connectivity index (χ1) is 14.2. The lowest BCUT2D eigenvalue weighted by molar-refractivity contribution is 0.0955. The number of carbonyl (C=O) groups excluding carboxylic acids is 1. The third kappa shape index (κ3) is 5.28. The van der Waals surface area contributed by atoms with Gasteiger partial charge in [-0.2, -0.15) is 5.10 Å². The summed E-state index contributed by atoms with van der Waals surface area (Å²) in [4.78, 5) is 12.2. The first-order valence-electron chi connectivity index (χ1n) is 8.48. The molecule has 3 aromatic rings. The fourth-order valence-corrected chi connectivity index (χ4v) is 3.57. The van der Waals surface area contributed by atoms with Gasteiger partial charge in [0, 0.05) is 27.9 Å². The number of hydrogen-bond acceptors (Lipinski definition) is 6. The van der Waals surface area contributed by atoms with Gasteiger partial charge in [0.25, 0.3) is 15.9 Å². The molecule has 0 spiro atoms. The Morgan fingerprint density at radius 2 is 1.63 bits per heavy atom. The average Bonchev–Trinajstić information content (AvgIpc) is 2.70. The van der Waals surface area contributed by atoms with E-state index in [1.54, 1.807) is 0 Å². The fourth-order valence-electron chi connectivity index (χ4n) is 2.38. The number of carbonyl (C=O) groups is 1. The second-order valence-electron chi connectivity index (χ2n) is 6.08. The number of aromatic hydroxyl groups is 2. The van der Waals surface area contributed by atoms with Gasteiger partial charge in [-0.25, -0.2) is 13.8 Å². The summed E-state index contributed by atoms with van der Waals surface area (Å²) < 4.78 is 27.2. The molecular weight excluding hydrogens is 430 g/mol. The topological polar surface area (TPSA) is 128 Å². The molecule has 8 nitrogen and oxygen atoms in total. The van der Waals surface area contributed by atoms with Gasteiger partial charge in [0.05, 0.1) is 11.1 Å². The predicted molar refractivity (Wildman–Crippen MR) is 114 cm³/mol. The van der Waals surface area contributed by atoms with Gasteiger partial charge in [-0.1, -0.05) is 11.6 Å². The Morgan fingerprint density at radius 3 is 2.27 bits per heavy atom. The summed E-state index contributed by atoms with van der Waals surface area (Å²) in [6.07, 6.45) is 1.22. The van der Waals surface area contributed by atoms with Crippen molar-refractivity contribution in [2.24, 2.45) is 5.10 Å². The number of phenols is 2. The van der Waals surface area contributed by atoms with Gasteiger partial charge in [0.15, 0.2) is 0 Å². The van der Waals surface area contributed by atoms with Gasteiger partial charge in [-0.05, 0) is 60.7 Å². The second kappa shape index (κ2) is 8.85. The number of nitrogens with zero attached hydrogens (tertiary/aromatic N) is 1. The Labute approximate surface area is 177 Å². The highest BCUT2D eigenvalue weighted by atomic mass is 35.5. The largest absolute Gasteiger partial charge is 0.508 e. The van der Waals surface area contributed by atoms with E-state index in [0.29, 0.717) is 10.6 Å². The Hall–Kier alpha value is -3.56. The maximum atomic E-state index is 12.4. The summed E-state index contributed by atoms with van der Waals surface area (Å²) in [6.45, 7) is 0. The minimum Gasteiger partial charge on any atom is -0.508 e. The van der Waals surface area contributed by atoms with Crippen molar-refractivity contribution in [3.63, 3.8) is 0 Å². The van der Waals surface area contributed by atoms with Crippen molar-refractivity contribution in [2.75, 3.05) is 4.72 Å². The highest BCUT2D eigenvalue weighted by Crippen LogP contribution is 2.21. The number of sulfonamides is 1. The number of benzene rings is 3. The van der Waals surface area contributed by atoms with Crippen molar-refractivity contribution in [2.45, 2.75) is 4.90 Å². The molecule has 154 valence electrons. The Balaban J connectivity index is 1.64. The summed E-state index contributed by atoms with van der Waals surface area (Å²) in [6, 6.07) is 15.4. The van der Waals surface area contributed by atoms with Gasteiger partial charge in [0.2, 0.25) is 0 Å². The van der Waals surface area contributed by atoms with E-state index in [9.17, 15) is 23.4 Å². The smallest absolute Gasteiger partial charge is 0.271 e. The third-order valence-corrected chi connectivity index (χ3v) is 5.56. The Kier molecular flexibility index (Phi) is 6.24. The molecule has 0 aliphatic heterocycles. The lowest BCUT2D eigenvalue weighted by atomic mass is 10.2. The third-order valence-electron chi connectivity index (χ3n) is 3.91. The molecule has 0 aliphatic carbocycles. The van der Waals surface area contributed by atoms with Crippen molar-refractivity contribution < 1.29 is 23.4 Å². The molecule has 4 N–H and O–H groups in total. The van der Waals surface area contributed by atoms with Crippen molar-refractivity contribution in [3.8, 4) is 11.5 Å². The summed E-state index contributed by atoms with van der Waals surface area (Å²) in [5.74, 6) is -0.817. The molecule has 0 radical (unpaired) electrons. The van der Waals surface area contributed by atoms with Crippen molar-refractivity contribution in [1.29, 1.82) is 0 Å². The lowest BCUT2D eigenvalue weighted by Crippen LogP contribution is -2.18. The number of amides is 1. The molecular formula is C20H16ClN3O5S. The molecule has 3 rings (SSSR count). The number of hydrazone groups is 1. The van der Waals surface area contributed by atoms with Crippen LogP contribution in [0.5, 0.6) is 11.5 Å². The average molecular weight is 446 g/mol. The Morgan fingerprint density at radius 1 is 0.967 bits per heavy atom. The van der Waals surface area contributed by atoms with Gasteiger partial charge in [-0.15, -0.1) is 0 Å². The molecule has 30 heavy (non-hydrogen) atoms. The molecule has 0 aromatic heterocycles. The Bertz CT molecular complexity index is 1190. The number of anilines is 1. The molecule has 0 fully saturated rings. The first-order valence-corrected chi connectivity index (χ1v) is 10.3. The molecule has 0 bridgehead atoms. The van der Waals surface area contributed by atoms with E-state index in [0.717, 1.165) is 6.07 Å². The van der Waals surface area contributed by atoms with Crippen LogP contribution in [0.4, 0.5) is 5.69 Å². The van der Waals surface area contributed by atoms with Crippen LogP contribution >= 0.6 is 11.6 Å². The first kappa shape index (κ1) is 21.2. The molecule has 0 saturated heterocycles. The molecule has 3 aromatic carbocycles. The normalized spacial score (nSPS) is 11.4. The van der Waals surface area contributed by atoms with E-state index in [-0.39, 0.29) is 27.6 Å². The van der Waals surface area contributed by atoms with Gasteiger partial charge in [0.1, 0.15) is 11.5 Å². The highest BCUT2D eigenvalue weighted by molar-refractivity contribution is 7.92. The van der Waals surface area contributed by atoms with E-state index in [4.69, 9.17) is 11.6 Å². The van der Waals surface area contributed by atoms with Crippen molar-refractivity contribution >= 4 is 39.4 Å². The summed E-state index contributed by atoms with van der Waals surface area (Å²) in [7, 11) is -3.79. The SMILES string of the molecule is O=C(N/N=C\c1ccc(O)cc1O)c1ccc(NS(=O)(=O)c2ccc(Cl)cc2)cc1. The minimum atomic E-state index is -3.79. The quantitative estimate of drug-likeness (QED) is 0.342. The maximum absolute atomic E-state index is 12.4. The maximum Gasteiger partial charge on any atom is 0.271 e. The van der Waals surface area contributed by atoms with Crippen LogP contribution in [0.15, 0.2) is 76.7 Å². The van der Waals surface area contributed by atoms with Gasteiger partial charge >= 0.3 is 0 Å².